The molecule has 0 unspecified atom stereocenters. The van der Waals surface area contributed by atoms with Crippen molar-refractivity contribution in [3.63, 3.8) is 0 Å². The number of carbonyl (C=O) groups is 2. The molecule has 0 radical (unpaired) electrons. The fraction of sp³-hybridized carbons (Fsp3) is 0.571. The molecule has 2 heterocycles. The Morgan fingerprint density at radius 3 is 2.62 bits per heavy atom. The highest BCUT2D eigenvalue weighted by Crippen LogP contribution is 2.13. The first kappa shape index (κ1) is 16.0. The quantitative estimate of drug-likeness (QED) is 0.828. The summed E-state index contributed by atoms with van der Waals surface area (Å²) in [7, 11) is 0. The van der Waals surface area contributed by atoms with Crippen molar-refractivity contribution in [1.29, 1.82) is 0 Å². The third-order valence-corrected chi connectivity index (χ3v) is 3.93. The van der Waals surface area contributed by atoms with E-state index in [-0.39, 0.29) is 11.8 Å². The van der Waals surface area contributed by atoms with Crippen LogP contribution in [0.25, 0.3) is 0 Å². The zero-order chi connectivity index (χ0) is 15.2. The van der Waals surface area contributed by atoms with Crippen LogP contribution < -0.4 is 5.32 Å². The van der Waals surface area contributed by atoms with Crippen LogP contribution in [0.3, 0.4) is 0 Å². The third kappa shape index (κ3) is 4.57. The molecule has 116 valence electrons. The molecule has 1 fully saturated rings. The van der Waals surface area contributed by atoms with Crippen LogP contribution in [0.1, 0.15) is 23.8 Å². The summed E-state index contributed by atoms with van der Waals surface area (Å²) >= 11 is 3.33. The molecule has 2 N–H and O–H groups in total. The fourth-order valence-corrected chi connectivity index (χ4v) is 2.64. The number of nitrogens with one attached hydrogen (secondary N) is 2. The van der Waals surface area contributed by atoms with Gasteiger partial charge in [-0.3, -0.25) is 14.5 Å². The largest absolute Gasteiger partial charge is 0.356 e. The molecule has 6 nitrogen and oxygen atoms in total. The number of aromatic nitrogens is 1. The molecule has 0 spiro atoms. The van der Waals surface area contributed by atoms with Crippen LogP contribution in [0.15, 0.2) is 16.7 Å². The van der Waals surface area contributed by atoms with E-state index in [0.717, 1.165) is 30.5 Å². The average molecular weight is 357 g/mol. The van der Waals surface area contributed by atoms with Crippen molar-refractivity contribution in [3.8, 4) is 0 Å². The molecule has 1 aromatic heterocycles. The van der Waals surface area contributed by atoms with Gasteiger partial charge in [0.15, 0.2) is 0 Å². The average Bonchev–Trinajstić information content (AvgIpc) is 2.92. The number of nitrogens with zero attached hydrogens (tertiary/aromatic N) is 2. The van der Waals surface area contributed by atoms with Gasteiger partial charge in [0, 0.05) is 43.4 Å². The minimum Gasteiger partial charge on any atom is -0.356 e. The van der Waals surface area contributed by atoms with Gasteiger partial charge in [-0.1, -0.05) is 6.92 Å². The van der Waals surface area contributed by atoms with E-state index in [1.807, 2.05) is 11.8 Å². The molecule has 1 aliphatic heterocycles. The maximum absolute atomic E-state index is 12.3. The zero-order valence-corrected chi connectivity index (χ0v) is 13.8. The second kappa shape index (κ2) is 7.61. The van der Waals surface area contributed by atoms with Crippen molar-refractivity contribution in [2.24, 2.45) is 0 Å². The number of carbonyl (C=O) groups excluding carboxylic acids is 2. The van der Waals surface area contributed by atoms with E-state index in [9.17, 15) is 9.59 Å². The molecule has 1 aliphatic rings. The molecule has 1 aromatic rings. The van der Waals surface area contributed by atoms with Gasteiger partial charge in [-0.05, 0) is 28.4 Å². The van der Waals surface area contributed by atoms with Gasteiger partial charge in [-0.15, -0.1) is 0 Å². The summed E-state index contributed by atoms with van der Waals surface area (Å²) in [6.07, 6.45) is 2.70. The molecule has 21 heavy (non-hydrogen) atoms. The number of piperazine rings is 1. The second-order valence-electron chi connectivity index (χ2n) is 5.15. The number of H-pyrrole nitrogens is 1. The summed E-state index contributed by atoms with van der Waals surface area (Å²) in [5.74, 6) is 0.0701. The van der Waals surface area contributed by atoms with E-state index in [4.69, 9.17) is 0 Å². The summed E-state index contributed by atoms with van der Waals surface area (Å²) in [5, 5.41) is 2.87. The Morgan fingerprint density at radius 2 is 2.05 bits per heavy atom. The molecule has 7 heteroatoms. The van der Waals surface area contributed by atoms with Crippen molar-refractivity contribution >= 4 is 27.7 Å². The lowest BCUT2D eigenvalue weighted by molar-refractivity contribution is -0.122. The smallest absolute Gasteiger partial charge is 0.270 e. The molecule has 1 saturated heterocycles. The van der Waals surface area contributed by atoms with E-state index in [1.165, 1.54) is 0 Å². The van der Waals surface area contributed by atoms with Crippen molar-refractivity contribution in [2.75, 3.05) is 39.3 Å². The summed E-state index contributed by atoms with van der Waals surface area (Å²) in [6, 6.07) is 1.78. The third-order valence-electron chi connectivity index (χ3n) is 3.48. The molecule has 0 aliphatic carbocycles. The summed E-state index contributed by atoms with van der Waals surface area (Å²) in [4.78, 5) is 30.8. The first-order valence-electron chi connectivity index (χ1n) is 7.22. The second-order valence-corrected chi connectivity index (χ2v) is 6.07. The van der Waals surface area contributed by atoms with E-state index >= 15 is 0 Å². The van der Waals surface area contributed by atoms with Crippen LogP contribution in [0.5, 0.6) is 0 Å². The van der Waals surface area contributed by atoms with Gasteiger partial charge in [0.1, 0.15) is 5.69 Å². The predicted molar refractivity (Wildman–Crippen MR) is 84.1 cm³/mol. The summed E-state index contributed by atoms with van der Waals surface area (Å²) in [6.45, 7) is 5.92. The maximum atomic E-state index is 12.3. The number of hydrogen-bond donors (Lipinski definition) is 2. The minimum absolute atomic E-state index is 0.00999. The molecule has 0 aromatic carbocycles. The molecular weight excluding hydrogens is 336 g/mol. The number of aromatic amines is 1. The molecule has 2 amide bonds. The van der Waals surface area contributed by atoms with Crippen LogP contribution in [-0.4, -0.2) is 65.9 Å². The molecule has 0 bridgehead atoms. The Morgan fingerprint density at radius 1 is 1.33 bits per heavy atom. The molecule has 2 rings (SSSR count). The van der Waals surface area contributed by atoms with E-state index in [2.05, 4.69) is 31.1 Å². The highest BCUT2D eigenvalue weighted by atomic mass is 79.9. The van der Waals surface area contributed by atoms with Gasteiger partial charge in [0.25, 0.3) is 5.91 Å². The topological polar surface area (TPSA) is 68.4 Å². The Bertz CT molecular complexity index is 495. The monoisotopic (exact) mass is 356 g/mol. The van der Waals surface area contributed by atoms with E-state index < -0.39 is 0 Å². The maximum Gasteiger partial charge on any atom is 0.270 e. The normalized spacial score (nSPS) is 16.0. The SMILES string of the molecule is CCCNC(=O)CN1CCN(C(=O)c2cc(Br)c[nH]2)CC1. The number of rotatable bonds is 5. The lowest BCUT2D eigenvalue weighted by Gasteiger charge is -2.34. The van der Waals surface area contributed by atoms with E-state index in [0.29, 0.717) is 25.3 Å². The van der Waals surface area contributed by atoms with Crippen molar-refractivity contribution in [3.05, 3.63) is 22.4 Å². The van der Waals surface area contributed by atoms with Crippen molar-refractivity contribution in [1.82, 2.24) is 20.1 Å². The van der Waals surface area contributed by atoms with Gasteiger partial charge < -0.3 is 15.2 Å². The predicted octanol–water partition coefficient (Wildman–Crippen LogP) is 1.06. The highest BCUT2D eigenvalue weighted by Gasteiger charge is 2.23. The molecule has 0 saturated carbocycles. The van der Waals surface area contributed by atoms with Crippen LogP contribution in [0.4, 0.5) is 0 Å². The van der Waals surface area contributed by atoms with Gasteiger partial charge in [0.2, 0.25) is 5.91 Å². The first-order valence-corrected chi connectivity index (χ1v) is 8.01. The Labute approximate surface area is 133 Å². The van der Waals surface area contributed by atoms with Crippen LogP contribution in [-0.2, 0) is 4.79 Å². The van der Waals surface area contributed by atoms with Crippen molar-refractivity contribution in [2.45, 2.75) is 13.3 Å². The van der Waals surface area contributed by atoms with Gasteiger partial charge in [-0.2, -0.15) is 0 Å². The fourth-order valence-electron chi connectivity index (χ4n) is 2.29. The Hall–Kier alpha value is -1.34. The van der Waals surface area contributed by atoms with Crippen LogP contribution >= 0.6 is 15.9 Å². The van der Waals surface area contributed by atoms with Gasteiger partial charge in [0.05, 0.1) is 6.54 Å². The van der Waals surface area contributed by atoms with Gasteiger partial charge >= 0.3 is 0 Å². The van der Waals surface area contributed by atoms with Crippen LogP contribution in [0, 0.1) is 0 Å². The highest BCUT2D eigenvalue weighted by molar-refractivity contribution is 9.10. The zero-order valence-electron chi connectivity index (χ0n) is 12.2. The minimum atomic E-state index is 0.00999. The number of hydrogen-bond acceptors (Lipinski definition) is 3. The van der Waals surface area contributed by atoms with E-state index in [1.54, 1.807) is 12.3 Å². The Kier molecular flexibility index (Phi) is 5.81. The summed E-state index contributed by atoms with van der Waals surface area (Å²) in [5.41, 5.74) is 0.594. The summed E-state index contributed by atoms with van der Waals surface area (Å²) < 4.78 is 0.872. The van der Waals surface area contributed by atoms with Crippen LogP contribution in [0.2, 0.25) is 0 Å². The first-order chi connectivity index (χ1) is 10.1. The lowest BCUT2D eigenvalue weighted by atomic mass is 10.2. The lowest BCUT2D eigenvalue weighted by Crippen LogP contribution is -2.51. The standard InChI is InChI=1S/C14H21BrN4O2/c1-2-3-16-13(20)10-18-4-6-19(7-5-18)14(21)12-8-11(15)9-17-12/h8-9,17H,2-7,10H2,1H3,(H,16,20). The van der Waals surface area contributed by atoms with Crippen molar-refractivity contribution < 1.29 is 9.59 Å². The molecule has 0 atom stereocenters. The number of halogens is 1. The van der Waals surface area contributed by atoms with Gasteiger partial charge in [-0.25, -0.2) is 0 Å². The Balaban J connectivity index is 1.78. The number of amides is 2. The molecular formula is C14H21BrN4O2.